The van der Waals surface area contributed by atoms with Crippen LogP contribution in [0.1, 0.15) is 12.5 Å². The Kier molecular flexibility index (Phi) is 5.54. The van der Waals surface area contributed by atoms with E-state index in [1.54, 1.807) is 0 Å². The van der Waals surface area contributed by atoms with Gasteiger partial charge in [-0.05, 0) is 67.6 Å². The van der Waals surface area contributed by atoms with Crippen LogP contribution in [0.2, 0.25) is 6.32 Å². The maximum atomic E-state index is 2.50. The summed E-state index contributed by atoms with van der Waals surface area (Å²) in [6.45, 7) is 4.81. The Morgan fingerprint density at radius 1 is 0.714 bits per heavy atom. The first-order valence-electron chi connectivity index (χ1n) is 12.5. The van der Waals surface area contributed by atoms with Gasteiger partial charge in [-0.2, -0.15) is 0 Å². The van der Waals surface area contributed by atoms with Crippen molar-refractivity contribution < 1.29 is 0 Å². The smallest absolute Gasteiger partial charge is 0.221 e. The van der Waals surface area contributed by atoms with E-state index in [-0.39, 0.29) is 12.8 Å². The second kappa shape index (κ2) is 9.00. The lowest BCUT2D eigenvalue weighted by Gasteiger charge is -2.41. The molecule has 4 aromatic rings. The first kappa shape index (κ1) is 21.6. The van der Waals surface area contributed by atoms with E-state index < -0.39 is 0 Å². The van der Waals surface area contributed by atoms with Crippen LogP contribution in [-0.4, -0.2) is 12.8 Å². The lowest BCUT2D eigenvalue weighted by molar-refractivity contribution is 0.866. The van der Waals surface area contributed by atoms with Crippen LogP contribution in [0.3, 0.4) is 0 Å². The van der Waals surface area contributed by atoms with Gasteiger partial charge in [0.2, 0.25) is 6.71 Å². The van der Waals surface area contributed by atoms with Crippen LogP contribution in [-0.2, 0) is 0 Å². The predicted molar refractivity (Wildman–Crippen MR) is 152 cm³/mol. The van der Waals surface area contributed by atoms with Crippen molar-refractivity contribution in [2.75, 3.05) is 9.80 Å². The molecule has 2 aliphatic rings. The number of aryl methyl sites for hydroxylation is 1. The van der Waals surface area contributed by atoms with Crippen molar-refractivity contribution in [1.29, 1.82) is 0 Å². The molecular weight excluding hydrogens is 423 g/mol. The zero-order valence-electron chi connectivity index (χ0n) is 20.3. The van der Waals surface area contributed by atoms with Crippen LogP contribution in [0, 0.1) is 6.92 Å². The van der Waals surface area contributed by atoms with Gasteiger partial charge in [-0.25, -0.2) is 0 Å². The Morgan fingerprint density at radius 3 is 2.17 bits per heavy atom. The molecule has 3 heteroatoms. The predicted octanol–water partition coefficient (Wildman–Crippen LogP) is 7.04. The zero-order valence-corrected chi connectivity index (χ0v) is 20.3. The molecule has 2 nitrogen and oxygen atoms in total. The fraction of sp³-hybridized carbons (Fsp3) is 0.125. The highest BCUT2D eigenvalue weighted by Gasteiger charge is 2.37. The number of para-hydroxylation sites is 3. The minimum atomic E-state index is 0.204. The number of benzene rings is 4. The molecule has 0 N–H and O–H groups in total. The Labute approximate surface area is 208 Å². The molecule has 0 spiro atoms. The summed E-state index contributed by atoms with van der Waals surface area (Å²) in [6.07, 6.45) is 10.0. The fourth-order valence-corrected chi connectivity index (χ4v) is 5.70. The summed E-state index contributed by atoms with van der Waals surface area (Å²) in [5, 5.41) is 0. The van der Waals surface area contributed by atoms with Crippen molar-refractivity contribution >= 4 is 46.1 Å². The van der Waals surface area contributed by atoms with E-state index in [9.17, 15) is 0 Å². The first-order chi connectivity index (χ1) is 17.2. The quantitative estimate of drug-likeness (QED) is 0.301. The molecule has 4 aromatic carbocycles. The van der Waals surface area contributed by atoms with Crippen LogP contribution < -0.4 is 20.7 Å². The van der Waals surface area contributed by atoms with Gasteiger partial charge in [0.25, 0.3) is 0 Å². The molecule has 35 heavy (non-hydrogen) atoms. The third-order valence-electron chi connectivity index (χ3n) is 7.25. The van der Waals surface area contributed by atoms with Crippen LogP contribution >= 0.6 is 0 Å². The van der Waals surface area contributed by atoms with Crippen molar-refractivity contribution in [3.63, 3.8) is 0 Å². The second-order valence-corrected chi connectivity index (χ2v) is 9.44. The first-order valence-corrected chi connectivity index (χ1v) is 12.5. The van der Waals surface area contributed by atoms with Gasteiger partial charge in [0.15, 0.2) is 0 Å². The third-order valence-corrected chi connectivity index (χ3v) is 7.25. The number of hydrogen-bond donors (Lipinski definition) is 0. The largest absolute Gasteiger partial charge is 0.335 e. The molecule has 6 rings (SSSR count). The lowest BCUT2D eigenvalue weighted by Crippen LogP contribution is -2.52. The molecule has 1 unspecified atom stereocenters. The van der Waals surface area contributed by atoms with E-state index in [1.165, 1.54) is 44.9 Å². The Balaban J connectivity index is 1.70. The highest BCUT2D eigenvalue weighted by molar-refractivity contribution is 6.89. The number of anilines is 5. The fourth-order valence-electron chi connectivity index (χ4n) is 5.70. The van der Waals surface area contributed by atoms with Gasteiger partial charge in [0, 0.05) is 34.5 Å². The van der Waals surface area contributed by atoms with E-state index in [2.05, 4.69) is 145 Å². The molecule has 2 heterocycles. The molecule has 1 atom stereocenters. The summed E-state index contributed by atoms with van der Waals surface area (Å²) in [5.74, 6) is 0. The van der Waals surface area contributed by atoms with E-state index in [0.717, 1.165) is 6.32 Å². The van der Waals surface area contributed by atoms with Crippen molar-refractivity contribution in [2.45, 2.75) is 26.2 Å². The van der Waals surface area contributed by atoms with Gasteiger partial charge in [0.05, 0.1) is 0 Å². The van der Waals surface area contributed by atoms with Gasteiger partial charge in [-0.3, -0.25) is 0 Å². The van der Waals surface area contributed by atoms with Crippen LogP contribution in [0.15, 0.2) is 121 Å². The Hall–Kier alpha value is -3.98. The van der Waals surface area contributed by atoms with Crippen LogP contribution in [0.5, 0.6) is 0 Å². The van der Waals surface area contributed by atoms with Crippen LogP contribution in [0.25, 0.3) is 0 Å². The maximum absolute atomic E-state index is 2.50. The highest BCUT2D eigenvalue weighted by Crippen LogP contribution is 2.41. The van der Waals surface area contributed by atoms with Crippen molar-refractivity contribution in [1.82, 2.24) is 0 Å². The van der Waals surface area contributed by atoms with Gasteiger partial charge >= 0.3 is 0 Å². The number of allylic oxidation sites excluding steroid dienone is 3. The summed E-state index contributed by atoms with van der Waals surface area (Å²) >= 11 is 0. The van der Waals surface area contributed by atoms with E-state index >= 15 is 0 Å². The lowest BCUT2D eigenvalue weighted by atomic mass is 9.36. The molecule has 0 bridgehead atoms. The van der Waals surface area contributed by atoms with E-state index in [4.69, 9.17) is 0 Å². The van der Waals surface area contributed by atoms with Crippen molar-refractivity contribution in [3.8, 4) is 0 Å². The third kappa shape index (κ3) is 3.68. The Bertz CT molecular complexity index is 1410. The molecule has 0 radical (unpaired) electrons. The summed E-state index contributed by atoms with van der Waals surface area (Å²) < 4.78 is 0. The average Bonchev–Trinajstić information content (AvgIpc) is 2.90. The molecule has 2 aliphatic heterocycles. The average molecular weight is 452 g/mol. The number of fused-ring (bicyclic) bond motifs is 2. The summed E-state index contributed by atoms with van der Waals surface area (Å²) in [5.41, 5.74) is 10.4. The highest BCUT2D eigenvalue weighted by atomic mass is 15.2. The van der Waals surface area contributed by atoms with Crippen LogP contribution in [0.4, 0.5) is 28.4 Å². The molecule has 0 aromatic heterocycles. The number of hydrogen-bond acceptors (Lipinski definition) is 2. The van der Waals surface area contributed by atoms with Gasteiger partial charge < -0.3 is 9.80 Å². The minimum absolute atomic E-state index is 0.204. The normalized spacial score (nSPS) is 18.5. The molecule has 0 saturated carbocycles. The van der Waals surface area contributed by atoms with E-state index in [1.807, 2.05) is 0 Å². The molecule has 0 aliphatic carbocycles. The summed E-state index contributed by atoms with van der Waals surface area (Å²) in [4.78, 5) is 4.97. The SMILES string of the molecule is Cc1ccc2c3c1N(c1ccccc1)c1ccccc1B3C/C=C\C=C/C(C)N2c1ccccc1. The maximum Gasteiger partial charge on any atom is 0.221 e. The Morgan fingerprint density at radius 2 is 1.40 bits per heavy atom. The van der Waals surface area contributed by atoms with Crippen molar-refractivity contribution in [2.24, 2.45) is 0 Å². The topological polar surface area (TPSA) is 6.48 Å². The number of nitrogens with zero attached hydrogens (tertiary/aromatic N) is 2. The van der Waals surface area contributed by atoms with Crippen molar-refractivity contribution in [3.05, 3.63) is 127 Å². The molecule has 0 amide bonds. The molecule has 0 saturated heterocycles. The second-order valence-electron chi connectivity index (χ2n) is 9.44. The minimum Gasteiger partial charge on any atom is -0.335 e. The molecular formula is C32H29BN2. The summed E-state index contributed by atoms with van der Waals surface area (Å²) in [6, 6.07) is 35.4. The van der Waals surface area contributed by atoms with Gasteiger partial charge in [-0.1, -0.05) is 90.4 Å². The summed E-state index contributed by atoms with van der Waals surface area (Å²) in [7, 11) is 0. The zero-order chi connectivity index (χ0) is 23.8. The molecule has 0 fully saturated rings. The standard InChI is InChI=1S/C32H29BN2/c1-24-21-22-30-31-32(24)35(27-17-9-4-10-18-27)29-20-12-11-19-28(29)33(31)23-13-5-6-14-25(2)34(30)26-15-7-3-8-16-26/h3-22,25H,23H2,1-2H3/b13-5-,14-6-. The monoisotopic (exact) mass is 452 g/mol. The van der Waals surface area contributed by atoms with E-state index in [0.29, 0.717) is 0 Å². The number of rotatable bonds is 2. The van der Waals surface area contributed by atoms with Gasteiger partial charge in [0.1, 0.15) is 0 Å². The molecule has 170 valence electrons. The van der Waals surface area contributed by atoms with Gasteiger partial charge in [-0.15, -0.1) is 0 Å².